The van der Waals surface area contributed by atoms with E-state index >= 15 is 0 Å². The lowest BCUT2D eigenvalue weighted by Crippen LogP contribution is -2.21. The van der Waals surface area contributed by atoms with E-state index in [1.54, 1.807) is 18.2 Å². The molecule has 0 saturated heterocycles. The zero-order valence-electron chi connectivity index (χ0n) is 14.4. The van der Waals surface area contributed by atoms with E-state index in [0.29, 0.717) is 36.1 Å². The van der Waals surface area contributed by atoms with Gasteiger partial charge < -0.3 is 24.6 Å². The van der Waals surface area contributed by atoms with Crippen LogP contribution in [0.4, 0.5) is 5.69 Å². The molecule has 2 aliphatic rings. The van der Waals surface area contributed by atoms with Crippen molar-refractivity contribution in [1.29, 1.82) is 0 Å². The van der Waals surface area contributed by atoms with E-state index in [2.05, 4.69) is 5.32 Å². The highest BCUT2D eigenvalue weighted by molar-refractivity contribution is 5.92. The first-order valence-electron chi connectivity index (χ1n) is 8.83. The van der Waals surface area contributed by atoms with Gasteiger partial charge in [-0.05, 0) is 48.6 Å². The highest BCUT2D eigenvalue weighted by Crippen LogP contribution is 2.35. The van der Waals surface area contributed by atoms with Crippen LogP contribution < -0.4 is 19.5 Å². The van der Waals surface area contributed by atoms with E-state index in [1.165, 1.54) is 0 Å². The second-order valence-corrected chi connectivity index (χ2v) is 6.43. The van der Waals surface area contributed by atoms with E-state index < -0.39 is 6.10 Å². The Morgan fingerprint density at radius 2 is 2.04 bits per heavy atom. The van der Waals surface area contributed by atoms with Crippen LogP contribution in [-0.2, 0) is 11.2 Å². The number of fused-ring (bicyclic) bond motifs is 2. The zero-order chi connectivity index (χ0) is 17.9. The van der Waals surface area contributed by atoms with Gasteiger partial charge >= 0.3 is 0 Å². The van der Waals surface area contributed by atoms with Gasteiger partial charge in [-0.3, -0.25) is 4.79 Å². The van der Waals surface area contributed by atoms with Crippen molar-refractivity contribution in [1.82, 2.24) is 0 Å². The van der Waals surface area contributed by atoms with E-state index in [0.717, 1.165) is 30.4 Å². The maximum Gasteiger partial charge on any atom is 0.262 e. The molecule has 0 spiro atoms. The van der Waals surface area contributed by atoms with Gasteiger partial charge in [-0.2, -0.15) is 0 Å². The van der Waals surface area contributed by atoms with Crippen LogP contribution in [-0.4, -0.2) is 30.8 Å². The molecule has 1 atom stereocenters. The van der Waals surface area contributed by atoms with Crippen molar-refractivity contribution in [2.24, 2.45) is 0 Å². The van der Waals surface area contributed by atoms with Crippen molar-refractivity contribution in [3.8, 4) is 17.2 Å². The highest BCUT2D eigenvalue weighted by atomic mass is 16.6. The molecule has 136 valence electrons. The number of hydrogen-bond donors (Lipinski definition) is 2. The first kappa shape index (κ1) is 16.7. The summed E-state index contributed by atoms with van der Waals surface area (Å²) in [5.41, 5.74) is 2.53. The molecule has 0 aromatic heterocycles. The first-order chi connectivity index (χ1) is 12.7. The molecule has 0 bridgehead atoms. The second kappa shape index (κ2) is 7.25. The van der Waals surface area contributed by atoms with Gasteiger partial charge in [0.15, 0.2) is 18.1 Å². The number of amides is 1. The van der Waals surface area contributed by atoms with Gasteiger partial charge in [-0.1, -0.05) is 12.1 Å². The van der Waals surface area contributed by atoms with Crippen LogP contribution in [0.3, 0.4) is 0 Å². The fraction of sp³-hybridized carbons (Fsp3) is 0.350. The molecule has 1 unspecified atom stereocenters. The van der Waals surface area contributed by atoms with E-state index in [4.69, 9.17) is 14.2 Å². The lowest BCUT2D eigenvalue weighted by molar-refractivity contribution is -0.118. The number of rotatable bonds is 4. The van der Waals surface area contributed by atoms with Crippen LogP contribution in [0.5, 0.6) is 17.2 Å². The Balaban J connectivity index is 1.40. The van der Waals surface area contributed by atoms with Crippen molar-refractivity contribution < 1.29 is 24.1 Å². The molecule has 0 radical (unpaired) electrons. The molecule has 2 aromatic rings. The first-order valence-corrected chi connectivity index (χ1v) is 8.83. The number of nitrogens with one attached hydrogen (secondary N) is 1. The molecule has 1 heterocycles. The van der Waals surface area contributed by atoms with Crippen LogP contribution in [0.25, 0.3) is 0 Å². The Hall–Kier alpha value is -2.73. The Kier molecular flexibility index (Phi) is 4.67. The van der Waals surface area contributed by atoms with Gasteiger partial charge in [0.05, 0.1) is 6.10 Å². The molecular formula is C20H21NO5. The number of aliphatic hydroxyl groups is 1. The Morgan fingerprint density at radius 3 is 2.92 bits per heavy atom. The molecule has 6 nitrogen and oxygen atoms in total. The fourth-order valence-corrected chi connectivity index (χ4v) is 3.39. The summed E-state index contributed by atoms with van der Waals surface area (Å²) in [7, 11) is 0. The van der Waals surface area contributed by atoms with Crippen LogP contribution in [0.15, 0.2) is 36.4 Å². The van der Waals surface area contributed by atoms with Crippen molar-refractivity contribution in [2.75, 3.05) is 25.1 Å². The number of aliphatic hydroxyl groups excluding tert-OH is 1. The average Bonchev–Trinajstić information content (AvgIpc) is 2.67. The van der Waals surface area contributed by atoms with Gasteiger partial charge in [0.25, 0.3) is 5.91 Å². The van der Waals surface area contributed by atoms with E-state index in [9.17, 15) is 9.90 Å². The topological polar surface area (TPSA) is 77.0 Å². The maximum atomic E-state index is 12.2. The number of benzene rings is 2. The lowest BCUT2D eigenvalue weighted by Gasteiger charge is -2.23. The number of carbonyl (C=O) groups is 1. The van der Waals surface area contributed by atoms with Crippen molar-refractivity contribution in [3.63, 3.8) is 0 Å². The molecule has 1 aliphatic heterocycles. The summed E-state index contributed by atoms with van der Waals surface area (Å²) in [4.78, 5) is 12.2. The molecule has 2 aromatic carbocycles. The van der Waals surface area contributed by atoms with E-state index in [-0.39, 0.29) is 12.5 Å². The smallest absolute Gasteiger partial charge is 0.262 e. The third-order valence-corrected chi connectivity index (χ3v) is 4.62. The van der Waals surface area contributed by atoms with Gasteiger partial charge in [-0.25, -0.2) is 0 Å². The largest absolute Gasteiger partial charge is 0.486 e. The van der Waals surface area contributed by atoms with Crippen molar-refractivity contribution in [3.05, 3.63) is 47.5 Å². The zero-order valence-corrected chi connectivity index (χ0v) is 14.4. The van der Waals surface area contributed by atoms with Gasteiger partial charge in [0.2, 0.25) is 0 Å². The molecule has 0 saturated carbocycles. The predicted octanol–water partition coefficient (Wildman–Crippen LogP) is 2.85. The molecule has 0 fully saturated rings. The summed E-state index contributed by atoms with van der Waals surface area (Å²) < 4.78 is 16.7. The molecular weight excluding hydrogens is 334 g/mol. The van der Waals surface area contributed by atoms with Gasteiger partial charge in [-0.15, -0.1) is 0 Å². The van der Waals surface area contributed by atoms with Crippen LogP contribution in [0, 0.1) is 0 Å². The summed E-state index contributed by atoms with van der Waals surface area (Å²) in [5.74, 6) is 1.72. The Bertz CT molecular complexity index is 820. The molecule has 1 amide bonds. The SMILES string of the molecule is O=C(COc1cccc2c1CCCC2O)Nc1ccc2c(c1)OCCO2. The Morgan fingerprint density at radius 1 is 1.19 bits per heavy atom. The molecule has 4 rings (SSSR count). The summed E-state index contributed by atoms with van der Waals surface area (Å²) in [6.45, 7) is 0.933. The monoisotopic (exact) mass is 355 g/mol. The van der Waals surface area contributed by atoms with Gasteiger partial charge in [0.1, 0.15) is 19.0 Å². The minimum atomic E-state index is -0.450. The second-order valence-electron chi connectivity index (χ2n) is 6.43. The van der Waals surface area contributed by atoms with E-state index in [1.807, 2.05) is 18.2 Å². The molecule has 6 heteroatoms. The fourth-order valence-electron chi connectivity index (χ4n) is 3.39. The van der Waals surface area contributed by atoms with Gasteiger partial charge in [0, 0.05) is 11.8 Å². The third-order valence-electron chi connectivity index (χ3n) is 4.62. The predicted molar refractivity (Wildman–Crippen MR) is 95.9 cm³/mol. The van der Waals surface area contributed by atoms with Crippen LogP contribution >= 0.6 is 0 Å². The summed E-state index contributed by atoms with van der Waals surface area (Å²) in [5, 5.41) is 12.9. The quantitative estimate of drug-likeness (QED) is 0.882. The average molecular weight is 355 g/mol. The summed E-state index contributed by atoms with van der Waals surface area (Å²) in [6, 6.07) is 10.9. The Labute approximate surface area is 151 Å². The third kappa shape index (κ3) is 3.46. The minimum Gasteiger partial charge on any atom is -0.486 e. The molecule has 2 N–H and O–H groups in total. The van der Waals surface area contributed by atoms with Crippen molar-refractivity contribution in [2.45, 2.75) is 25.4 Å². The molecule has 26 heavy (non-hydrogen) atoms. The number of anilines is 1. The molecule has 1 aliphatic carbocycles. The van der Waals surface area contributed by atoms with Crippen LogP contribution in [0.2, 0.25) is 0 Å². The summed E-state index contributed by atoms with van der Waals surface area (Å²) in [6.07, 6.45) is 2.08. The van der Waals surface area contributed by atoms with Crippen LogP contribution in [0.1, 0.15) is 30.1 Å². The maximum absolute atomic E-state index is 12.2. The minimum absolute atomic E-state index is 0.0962. The number of carbonyl (C=O) groups excluding carboxylic acids is 1. The lowest BCUT2D eigenvalue weighted by atomic mass is 9.89. The number of hydrogen-bond acceptors (Lipinski definition) is 5. The highest BCUT2D eigenvalue weighted by Gasteiger charge is 2.21. The summed E-state index contributed by atoms with van der Waals surface area (Å²) >= 11 is 0. The normalized spacial score (nSPS) is 18.0. The standard InChI is InChI=1S/C20H21NO5/c22-16-5-1-4-15-14(16)3-2-6-17(15)26-12-20(23)21-13-7-8-18-19(11-13)25-10-9-24-18/h2-3,6-8,11,16,22H,1,4-5,9-10,12H2,(H,21,23). The van der Waals surface area contributed by atoms with Crippen molar-refractivity contribution >= 4 is 11.6 Å². The number of ether oxygens (including phenoxy) is 3.